The summed E-state index contributed by atoms with van der Waals surface area (Å²) in [6.45, 7) is 3.81. The fraction of sp³-hybridized carbons (Fsp3) is 0.267. The Morgan fingerprint density at radius 1 is 1.40 bits per heavy atom. The number of nitrogens with zero attached hydrogens (tertiary/aromatic N) is 5. The molecule has 25 heavy (non-hydrogen) atoms. The lowest BCUT2D eigenvalue weighted by molar-refractivity contribution is 0.0944. The predicted molar refractivity (Wildman–Crippen MR) is 87.9 cm³/mol. The van der Waals surface area contributed by atoms with Crippen LogP contribution in [0.15, 0.2) is 22.9 Å². The van der Waals surface area contributed by atoms with Gasteiger partial charge in [0.2, 0.25) is 5.89 Å². The summed E-state index contributed by atoms with van der Waals surface area (Å²) >= 11 is 6.25. The highest BCUT2D eigenvalue weighted by Gasteiger charge is 2.18. The number of carbonyl (C=O) groups is 1. The molecule has 10 heteroatoms. The number of hydrogen-bond acceptors (Lipinski definition) is 7. The van der Waals surface area contributed by atoms with Crippen molar-refractivity contribution < 1.29 is 13.9 Å². The third kappa shape index (κ3) is 3.45. The van der Waals surface area contributed by atoms with Gasteiger partial charge in [0.15, 0.2) is 0 Å². The van der Waals surface area contributed by atoms with Gasteiger partial charge in [-0.2, -0.15) is 4.68 Å². The first-order chi connectivity index (χ1) is 12.0. The van der Waals surface area contributed by atoms with Crippen molar-refractivity contribution in [3.05, 3.63) is 46.4 Å². The number of aryl methyl sites for hydroxylation is 2. The van der Waals surface area contributed by atoms with Crippen molar-refractivity contribution in [3.8, 4) is 11.4 Å². The van der Waals surface area contributed by atoms with E-state index in [1.807, 2.05) is 13.8 Å². The maximum Gasteiger partial charge on any atom is 0.255 e. The minimum absolute atomic E-state index is 0.156. The summed E-state index contributed by atoms with van der Waals surface area (Å²) in [6, 6.07) is 3.09. The third-order valence-electron chi connectivity index (χ3n) is 3.58. The van der Waals surface area contributed by atoms with E-state index < -0.39 is 0 Å². The van der Waals surface area contributed by atoms with E-state index in [-0.39, 0.29) is 18.0 Å². The predicted octanol–water partition coefficient (Wildman–Crippen LogP) is 1.86. The number of carbonyl (C=O) groups excluding carboxylic acids is 1. The number of methoxy groups -OCH3 is 1. The molecule has 1 N–H and O–H groups in total. The Kier molecular flexibility index (Phi) is 4.66. The van der Waals surface area contributed by atoms with Crippen LogP contribution >= 0.6 is 11.6 Å². The molecule has 3 aromatic rings. The van der Waals surface area contributed by atoms with E-state index >= 15 is 0 Å². The molecule has 0 aliphatic heterocycles. The highest BCUT2D eigenvalue weighted by Crippen LogP contribution is 2.29. The van der Waals surface area contributed by atoms with E-state index in [9.17, 15) is 4.79 Å². The maximum atomic E-state index is 12.5. The summed E-state index contributed by atoms with van der Waals surface area (Å²) in [5, 5.41) is 13.9. The van der Waals surface area contributed by atoms with Gasteiger partial charge in [-0.3, -0.25) is 4.79 Å². The molecule has 0 aliphatic carbocycles. The van der Waals surface area contributed by atoms with Crippen molar-refractivity contribution in [1.29, 1.82) is 0 Å². The summed E-state index contributed by atoms with van der Waals surface area (Å²) in [7, 11) is 1.46. The lowest BCUT2D eigenvalue weighted by Gasteiger charge is -2.12. The fourth-order valence-electron chi connectivity index (χ4n) is 2.20. The minimum Gasteiger partial charge on any atom is -0.496 e. The molecule has 0 spiro atoms. The van der Waals surface area contributed by atoms with Crippen LogP contribution in [-0.2, 0) is 6.54 Å². The molecule has 0 fully saturated rings. The highest BCUT2D eigenvalue weighted by molar-refractivity contribution is 6.33. The lowest BCUT2D eigenvalue weighted by Crippen LogP contribution is -2.23. The van der Waals surface area contributed by atoms with Gasteiger partial charge in [0.05, 0.1) is 35.6 Å². The quantitative estimate of drug-likeness (QED) is 0.737. The second kappa shape index (κ2) is 6.89. The molecule has 0 unspecified atom stereocenters. The minimum atomic E-state index is -0.365. The number of ether oxygens (including phenoxy) is 1. The van der Waals surface area contributed by atoms with Gasteiger partial charge >= 0.3 is 0 Å². The number of benzene rings is 1. The molecule has 0 atom stereocenters. The second-order valence-electron chi connectivity index (χ2n) is 5.19. The Hall–Kier alpha value is -2.94. The van der Waals surface area contributed by atoms with Crippen LogP contribution in [0.25, 0.3) is 5.69 Å². The van der Waals surface area contributed by atoms with Gasteiger partial charge in [-0.15, -0.1) is 5.10 Å². The van der Waals surface area contributed by atoms with Crippen molar-refractivity contribution in [2.75, 3.05) is 7.11 Å². The summed E-state index contributed by atoms with van der Waals surface area (Å²) in [5.74, 6) is 1.12. The average molecular weight is 363 g/mol. The van der Waals surface area contributed by atoms with Gasteiger partial charge in [0, 0.05) is 6.07 Å². The number of oxazole rings is 1. The normalized spacial score (nSPS) is 10.7. The summed E-state index contributed by atoms with van der Waals surface area (Å²) in [5.41, 5.74) is 1.57. The number of tetrazole rings is 1. The van der Waals surface area contributed by atoms with Gasteiger partial charge in [0.25, 0.3) is 5.91 Å². The molecule has 1 aromatic carbocycles. The number of nitrogens with one attached hydrogen (secondary N) is 1. The summed E-state index contributed by atoms with van der Waals surface area (Å²) < 4.78 is 12.1. The SMILES string of the molecule is COc1cc(-n2cnnn2)c(Cl)cc1C(=O)NCc1nc(C)c(C)o1. The molecule has 0 aliphatic rings. The Morgan fingerprint density at radius 2 is 2.20 bits per heavy atom. The number of hydrogen-bond donors (Lipinski definition) is 1. The standard InChI is InChI=1S/C15H15ClN6O3/c1-8-9(2)25-14(19-8)6-17-15(23)10-4-11(16)12(5-13(10)24-3)22-7-18-20-21-22/h4-5,7H,6H2,1-3H3,(H,17,23). The lowest BCUT2D eigenvalue weighted by atomic mass is 10.1. The number of halogens is 1. The summed E-state index contributed by atoms with van der Waals surface area (Å²) in [4.78, 5) is 16.7. The number of aromatic nitrogens is 5. The first-order valence-electron chi connectivity index (χ1n) is 7.31. The van der Waals surface area contributed by atoms with Gasteiger partial charge in [0.1, 0.15) is 17.8 Å². The second-order valence-corrected chi connectivity index (χ2v) is 5.60. The Morgan fingerprint density at radius 3 is 2.80 bits per heavy atom. The van der Waals surface area contributed by atoms with Crippen LogP contribution in [0.4, 0.5) is 0 Å². The maximum absolute atomic E-state index is 12.5. The van der Waals surface area contributed by atoms with Crippen LogP contribution in [0.5, 0.6) is 5.75 Å². The summed E-state index contributed by atoms with van der Waals surface area (Å²) in [6.07, 6.45) is 1.40. The zero-order valence-electron chi connectivity index (χ0n) is 13.8. The van der Waals surface area contributed by atoms with Crippen LogP contribution in [0, 0.1) is 13.8 Å². The zero-order valence-corrected chi connectivity index (χ0v) is 14.5. The van der Waals surface area contributed by atoms with Crippen LogP contribution in [-0.4, -0.2) is 38.2 Å². The van der Waals surface area contributed by atoms with Crippen molar-refractivity contribution in [2.45, 2.75) is 20.4 Å². The van der Waals surface area contributed by atoms with E-state index in [4.69, 9.17) is 20.8 Å². The van der Waals surface area contributed by atoms with Gasteiger partial charge in [-0.05, 0) is 30.3 Å². The Bertz CT molecular complexity index is 887. The van der Waals surface area contributed by atoms with Crippen molar-refractivity contribution in [1.82, 2.24) is 30.5 Å². The van der Waals surface area contributed by atoms with Crippen molar-refractivity contribution in [3.63, 3.8) is 0 Å². The van der Waals surface area contributed by atoms with Crippen LogP contribution < -0.4 is 10.1 Å². The zero-order chi connectivity index (χ0) is 18.0. The molecule has 9 nitrogen and oxygen atoms in total. The molecular formula is C15H15ClN6O3. The first-order valence-corrected chi connectivity index (χ1v) is 7.69. The third-order valence-corrected chi connectivity index (χ3v) is 3.89. The monoisotopic (exact) mass is 362 g/mol. The molecule has 1 amide bonds. The van der Waals surface area contributed by atoms with E-state index in [0.29, 0.717) is 22.4 Å². The molecule has 0 saturated carbocycles. The van der Waals surface area contributed by atoms with Crippen molar-refractivity contribution in [2.24, 2.45) is 0 Å². The first kappa shape index (κ1) is 16.9. The Labute approximate surface area is 147 Å². The van der Waals surface area contributed by atoms with E-state index in [2.05, 4.69) is 25.8 Å². The largest absolute Gasteiger partial charge is 0.496 e. The highest BCUT2D eigenvalue weighted by atomic mass is 35.5. The number of amides is 1. The van der Waals surface area contributed by atoms with Gasteiger partial charge in [-0.25, -0.2) is 4.98 Å². The molecule has 3 rings (SSSR count). The van der Waals surface area contributed by atoms with Gasteiger partial charge in [-0.1, -0.05) is 11.6 Å². The molecule has 130 valence electrons. The van der Waals surface area contributed by atoms with E-state index in [1.165, 1.54) is 24.2 Å². The van der Waals surface area contributed by atoms with Gasteiger partial charge < -0.3 is 14.5 Å². The Balaban J connectivity index is 1.83. The van der Waals surface area contributed by atoms with E-state index in [1.54, 1.807) is 6.07 Å². The number of rotatable bonds is 5. The van der Waals surface area contributed by atoms with E-state index in [0.717, 1.165) is 11.5 Å². The molecule has 0 bridgehead atoms. The smallest absolute Gasteiger partial charge is 0.255 e. The average Bonchev–Trinajstić information content (AvgIpc) is 3.23. The molecule has 2 aromatic heterocycles. The van der Waals surface area contributed by atoms with Crippen molar-refractivity contribution >= 4 is 17.5 Å². The van der Waals surface area contributed by atoms with Crippen LogP contribution in [0.1, 0.15) is 27.7 Å². The fourth-order valence-corrected chi connectivity index (χ4v) is 2.45. The molecular weight excluding hydrogens is 348 g/mol. The molecule has 0 saturated heterocycles. The topological polar surface area (TPSA) is 108 Å². The van der Waals surface area contributed by atoms with Crippen LogP contribution in [0.2, 0.25) is 5.02 Å². The van der Waals surface area contributed by atoms with Crippen LogP contribution in [0.3, 0.4) is 0 Å². The molecule has 0 radical (unpaired) electrons. The molecule has 2 heterocycles.